The highest BCUT2D eigenvalue weighted by atomic mass is 16.2. The highest BCUT2D eigenvalue weighted by Crippen LogP contribution is 2.22. The minimum Gasteiger partial charge on any atom is -0.360 e. The normalized spacial score (nSPS) is 11.7. The fraction of sp³-hybridized carbons (Fsp3) is 0.108. The van der Waals surface area contributed by atoms with Crippen LogP contribution < -0.4 is 10.6 Å². The van der Waals surface area contributed by atoms with E-state index >= 15 is 0 Å². The first-order valence-electron chi connectivity index (χ1n) is 14.5. The summed E-state index contributed by atoms with van der Waals surface area (Å²) in [5.74, 6) is -1.00. The van der Waals surface area contributed by atoms with E-state index in [1.54, 1.807) is 42.4 Å². The van der Waals surface area contributed by atoms with Gasteiger partial charge in [-0.25, -0.2) is 0 Å². The first kappa shape index (κ1) is 28.4. The number of carbonyl (C=O) groups is 3. The number of hydrogen-bond donors (Lipinski definition) is 3. The van der Waals surface area contributed by atoms with Crippen LogP contribution in [0, 0.1) is 0 Å². The van der Waals surface area contributed by atoms with Crippen LogP contribution in [0.1, 0.15) is 31.8 Å². The van der Waals surface area contributed by atoms with Crippen LogP contribution in [0.4, 0.5) is 5.69 Å². The largest absolute Gasteiger partial charge is 0.360 e. The number of carbonyl (C=O) groups excluding carboxylic acids is 3. The molecule has 1 aromatic heterocycles. The number of para-hydroxylation sites is 2. The molecule has 0 spiro atoms. The summed E-state index contributed by atoms with van der Waals surface area (Å²) < 4.78 is 0. The van der Waals surface area contributed by atoms with Crippen LogP contribution in [-0.4, -0.2) is 40.7 Å². The number of benzene rings is 5. The second-order valence-electron chi connectivity index (χ2n) is 10.8. The van der Waals surface area contributed by atoms with Gasteiger partial charge < -0.3 is 20.5 Å². The molecular formula is C37H32N4O3. The fourth-order valence-electron chi connectivity index (χ4n) is 5.48. The molecule has 0 saturated heterocycles. The van der Waals surface area contributed by atoms with Crippen LogP contribution >= 0.6 is 0 Å². The van der Waals surface area contributed by atoms with Crippen molar-refractivity contribution in [3.8, 4) is 0 Å². The predicted molar refractivity (Wildman–Crippen MR) is 175 cm³/mol. The van der Waals surface area contributed by atoms with Gasteiger partial charge >= 0.3 is 0 Å². The summed E-state index contributed by atoms with van der Waals surface area (Å²) in [5, 5.41) is 8.83. The summed E-state index contributed by atoms with van der Waals surface area (Å²) in [6.45, 7) is 0.404. The van der Waals surface area contributed by atoms with Crippen molar-refractivity contribution in [2.24, 2.45) is 0 Å². The molecule has 3 amide bonds. The van der Waals surface area contributed by atoms with Crippen LogP contribution in [-0.2, 0) is 17.8 Å². The molecule has 0 aliphatic rings. The predicted octanol–water partition coefficient (Wildman–Crippen LogP) is 6.57. The van der Waals surface area contributed by atoms with Gasteiger partial charge in [-0.15, -0.1) is 0 Å². The lowest BCUT2D eigenvalue weighted by molar-refractivity contribution is -0.132. The van der Waals surface area contributed by atoms with E-state index in [1.165, 1.54) is 0 Å². The van der Waals surface area contributed by atoms with Gasteiger partial charge in [-0.1, -0.05) is 103 Å². The van der Waals surface area contributed by atoms with E-state index in [2.05, 4.69) is 15.6 Å². The number of fused-ring (bicyclic) bond motifs is 2. The standard InChI is InChI=1S/C37H32N4O3/c1-41(24-25-11-3-2-4-12-25)37(44)34(22-26-19-20-27-13-5-6-14-28(27)21-26)40-35(42)30-16-8-10-18-33(30)39-36(43)31-23-38-32-17-9-7-15-29(31)32/h2-21,23,34,38H,22,24H2,1H3,(H,39,43)(H,40,42)/t34-/m0/s1. The molecule has 6 aromatic rings. The highest BCUT2D eigenvalue weighted by molar-refractivity contribution is 6.15. The van der Waals surface area contributed by atoms with Crippen LogP contribution in [0.5, 0.6) is 0 Å². The summed E-state index contributed by atoms with van der Waals surface area (Å²) in [7, 11) is 1.74. The van der Waals surface area contributed by atoms with Gasteiger partial charge in [0.15, 0.2) is 0 Å². The van der Waals surface area contributed by atoms with Crippen molar-refractivity contribution in [3.63, 3.8) is 0 Å². The monoisotopic (exact) mass is 580 g/mol. The van der Waals surface area contributed by atoms with E-state index < -0.39 is 11.9 Å². The third-order valence-corrected chi connectivity index (χ3v) is 7.75. The minimum atomic E-state index is -0.838. The molecule has 0 aliphatic carbocycles. The van der Waals surface area contributed by atoms with E-state index in [-0.39, 0.29) is 17.4 Å². The molecule has 0 fully saturated rings. The Kier molecular flexibility index (Phi) is 8.19. The average Bonchev–Trinajstić information content (AvgIpc) is 3.49. The second kappa shape index (κ2) is 12.7. The molecule has 44 heavy (non-hydrogen) atoms. The van der Waals surface area contributed by atoms with Gasteiger partial charge in [0.25, 0.3) is 11.8 Å². The Labute approximate surface area is 255 Å². The Balaban J connectivity index is 1.26. The van der Waals surface area contributed by atoms with Crippen molar-refractivity contribution in [1.29, 1.82) is 0 Å². The summed E-state index contributed by atoms with van der Waals surface area (Å²) in [6.07, 6.45) is 1.96. The minimum absolute atomic E-state index is 0.212. The smallest absolute Gasteiger partial charge is 0.257 e. The lowest BCUT2D eigenvalue weighted by atomic mass is 10.00. The van der Waals surface area contributed by atoms with Crippen molar-refractivity contribution < 1.29 is 14.4 Å². The first-order valence-corrected chi connectivity index (χ1v) is 14.5. The molecule has 7 heteroatoms. The fourth-order valence-corrected chi connectivity index (χ4v) is 5.48. The van der Waals surface area contributed by atoms with Gasteiger partial charge in [0, 0.05) is 37.1 Å². The van der Waals surface area contributed by atoms with Crippen LogP contribution in [0.15, 0.2) is 128 Å². The van der Waals surface area contributed by atoms with Crippen molar-refractivity contribution in [3.05, 3.63) is 150 Å². The maximum Gasteiger partial charge on any atom is 0.257 e. The lowest BCUT2D eigenvalue weighted by Crippen LogP contribution is -2.48. The number of rotatable bonds is 9. The number of likely N-dealkylation sites (N-methyl/N-ethyl adjacent to an activating group) is 1. The zero-order valence-electron chi connectivity index (χ0n) is 24.3. The first-order chi connectivity index (χ1) is 21.5. The van der Waals surface area contributed by atoms with Crippen LogP contribution in [0.2, 0.25) is 0 Å². The Bertz CT molecular complexity index is 1960. The zero-order chi connectivity index (χ0) is 30.5. The second-order valence-corrected chi connectivity index (χ2v) is 10.8. The SMILES string of the molecule is CN(Cc1ccccc1)C(=O)[C@H](Cc1ccc2ccccc2c1)NC(=O)c1ccccc1NC(=O)c1c[nH]c2ccccc12. The zero-order valence-corrected chi connectivity index (χ0v) is 24.3. The Morgan fingerprint density at radius 1 is 0.705 bits per heavy atom. The number of amides is 3. The quantitative estimate of drug-likeness (QED) is 0.181. The average molecular weight is 581 g/mol. The van der Waals surface area contributed by atoms with Crippen LogP contribution in [0.25, 0.3) is 21.7 Å². The molecule has 5 aromatic carbocycles. The highest BCUT2D eigenvalue weighted by Gasteiger charge is 2.26. The molecule has 0 unspecified atom stereocenters. The van der Waals surface area contributed by atoms with Gasteiger partial charge in [-0.3, -0.25) is 14.4 Å². The van der Waals surface area contributed by atoms with Gasteiger partial charge in [0.2, 0.25) is 5.91 Å². The Morgan fingerprint density at radius 2 is 1.41 bits per heavy atom. The van der Waals surface area contributed by atoms with Gasteiger partial charge in [-0.05, 0) is 40.1 Å². The third-order valence-electron chi connectivity index (χ3n) is 7.75. The molecule has 6 rings (SSSR count). The summed E-state index contributed by atoms with van der Waals surface area (Å²) in [5.41, 5.74) is 3.86. The molecule has 3 N–H and O–H groups in total. The molecule has 1 heterocycles. The number of nitrogens with one attached hydrogen (secondary N) is 3. The molecule has 0 saturated carbocycles. The number of hydrogen-bond acceptors (Lipinski definition) is 3. The van der Waals surface area contributed by atoms with Crippen molar-refractivity contribution in [2.75, 3.05) is 12.4 Å². The van der Waals surface area contributed by atoms with Gasteiger partial charge in [0.1, 0.15) is 6.04 Å². The van der Waals surface area contributed by atoms with E-state index in [0.29, 0.717) is 24.2 Å². The molecule has 0 aliphatic heterocycles. The Hall–Kier alpha value is -5.69. The summed E-state index contributed by atoms with van der Waals surface area (Å²) in [4.78, 5) is 45.7. The van der Waals surface area contributed by atoms with Crippen molar-refractivity contribution >= 4 is 45.1 Å². The molecule has 218 valence electrons. The lowest BCUT2D eigenvalue weighted by Gasteiger charge is -2.25. The third kappa shape index (κ3) is 6.22. The van der Waals surface area contributed by atoms with E-state index in [9.17, 15) is 14.4 Å². The molecule has 7 nitrogen and oxygen atoms in total. The Morgan fingerprint density at radius 3 is 2.25 bits per heavy atom. The number of anilines is 1. The number of H-pyrrole nitrogens is 1. The topological polar surface area (TPSA) is 94.3 Å². The maximum absolute atomic E-state index is 13.9. The summed E-state index contributed by atoms with van der Waals surface area (Å²) in [6, 6.07) is 37.3. The number of aromatic nitrogens is 1. The van der Waals surface area contributed by atoms with Gasteiger partial charge in [-0.2, -0.15) is 0 Å². The number of aromatic amines is 1. The summed E-state index contributed by atoms with van der Waals surface area (Å²) >= 11 is 0. The molecule has 1 atom stereocenters. The van der Waals surface area contributed by atoms with E-state index in [4.69, 9.17) is 0 Å². The van der Waals surface area contributed by atoms with Gasteiger partial charge in [0.05, 0.1) is 16.8 Å². The van der Waals surface area contributed by atoms with E-state index in [1.807, 2.05) is 97.1 Å². The molecule has 0 radical (unpaired) electrons. The maximum atomic E-state index is 13.9. The number of nitrogens with zero attached hydrogens (tertiary/aromatic N) is 1. The van der Waals surface area contributed by atoms with Crippen molar-refractivity contribution in [2.45, 2.75) is 19.0 Å². The molecular weight excluding hydrogens is 548 g/mol. The van der Waals surface area contributed by atoms with E-state index in [0.717, 1.165) is 32.8 Å². The van der Waals surface area contributed by atoms with Crippen molar-refractivity contribution in [1.82, 2.24) is 15.2 Å². The molecule has 0 bridgehead atoms. The van der Waals surface area contributed by atoms with Crippen LogP contribution in [0.3, 0.4) is 0 Å².